The van der Waals surface area contributed by atoms with E-state index in [1.807, 2.05) is 55.5 Å². The zero-order chi connectivity index (χ0) is 22.5. The topological polar surface area (TPSA) is 53.5 Å². The minimum atomic E-state index is -0.278. The zero-order valence-electron chi connectivity index (χ0n) is 18.7. The second kappa shape index (κ2) is 7.69. The number of nitrogens with zero attached hydrogens (tertiary/aromatic N) is 3. The summed E-state index contributed by atoms with van der Waals surface area (Å²) in [5.74, 6) is -0.555. The molecule has 3 heterocycles. The fourth-order valence-corrected chi connectivity index (χ4v) is 5.38. The molecule has 0 atom stereocenters. The van der Waals surface area contributed by atoms with Gasteiger partial charge in [-0.15, -0.1) is 0 Å². The number of pyridine rings is 1. The third-order valence-corrected chi connectivity index (χ3v) is 7.02. The number of carbonyl (C=O) groups is 2. The van der Waals surface area contributed by atoms with Crippen molar-refractivity contribution in [2.75, 3.05) is 22.9 Å². The molecule has 2 aliphatic rings. The molecule has 0 bridgehead atoms. The van der Waals surface area contributed by atoms with Gasteiger partial charge in [-0.3, -0.25) is 14.6 Å². The molecule has 1 saturated heterocycles. The average molecular weight is 436 g/mol. The molecular formula is C28H25N3O2. The molecule has 0 unspecified atom stereocenters. The van der Waals surface area contributed by atoms with E-state index in [2.05, 4.69) is 16.0 Å². The summed E-state index contributed by atoms with van der Waals surface area (Å²) in [4.78, 5) is 35.7. The average Bonchev–Trinajstić information content (AvgIpc) is 3.13. The van der Waals surface area contributed by atoms with Crippen LogP contribution in [0.3, 0.4) is 0 Å². The molecule has 0 aliphatic carbocycles. The standard InChI is InChI=1S/C28H25N3O2/c1-18-11-13-24(20-10-7-15-29-26(18)20)31-27(32)21-9-6-8-19-23(30-16-4-2-3-5-17-30)14-12-22(25(19)21)28(31)33/h6-15H,2-5,16-17H2,1H3. The lowest BCUT2D eigenvalue weighted by molar-refractivity contribution is 0.0894. The summed E-state index contributed by atoms with van der Waals surface area (Å²) in [6.45, 7) is 4.00. The van der Waals surface area contributed by atoms with Crippen LogP contribution in [-0.2, 0) is 0 Å². The van der Waals surface area contributed by atoms with Gasteiger partial charge in [-0.2, -0.15) is 0 Å². The summed E-state index contributed by atoms with van der Waals surface area (Å²) in [5, 5.41) is 2.57. The molecular weight excluding hydrogens is 410 g/mol. The second-order valence-corrected chi connectivity index (χ2v) is 9.01. The van der Waals surface area contributed by atoms with Crippen LogP contribution < -0.4 is 9.80 Å². The van der Waals surface area contributed by atoms with Crippen molar-refractivity contribution in [2.24, 2.45) is 0 Å². The summed E-state index contributed by atoms with van der Waals surface area (Å²) in [7, 11) is 0. The van der Waals surface area contributed by atoms with Crippen LogP contribution in [0, 0.1) is 6.92 Å². The quantitative estimate of drug-likeness (QED) is 0.369. The van der Waals surface area contributed by atoms with Gasteiger partial charge < -0.3 is 4.90 Å². The van der Waals surface area contributed by atoms with Crippen molar-refractivity contribution in [1.29, 1.82) is 0 Å². The maximum atomic E-state index is 13.8. The number of rotatable bonds is 2. The van der Waals surface area contributed by atoms with E-state index in [0.717, 1.165) is 46.0 Å². The molecule has 0 spiro atoms. The normalized spacial score (nSPS) is 16.5. The van der Waals surface area contributed by atoms with Crippen LogP contribution in [0.2, 0.25) is 0 Å². The largest absolute Gasteiger partial charge is 0.371 e. The second-order valence-electron chi connectivity index (χ2n) is 9.01. The lowest BCUT2D eigenvalue weighted by Gasteiger charge is -2.30. The monoisotopic (exact) mass is 435 g/mol. The van der Waals surface area contributed by atoms with Crippen molar-refractivity contribution in [3.63, 3.8) is 0 Å². The highest BCUT2D eigenvalue weighted by atomic mass is 16.2. The van der Waals surface area contributed by atoms with Crippen molar-refractivity contribution in [1.82, 2.24) is 4.98 Å². The van der Waals surface area contributed by atoms with E-state index in [9.17, 15) is 9.59 Å². The SMILES string of the molecule is Cc1ccc(N2C(=O)c3cccc4c(N5CCCCCC5)ccc(c34)C2=O)c2cccnc12. The third-order valence-electron chi connectivity index (χ3n) is 7.02. The van der Waals surface area contributed by atoms with Gasteiger partial charge in [0, 0.05) is 52.3 Å². The molecule has 4 aromatic rings. The zero-order valence-corrected chi connectivity index (χ0v) is 18.7. The fraction of sp³-hybridized carbons (Fsp3) is 0.250. The Morgan fingerprint density at radius 2 is 1.42 bits per heavy atom. The Bertz CT molecular complexity index is 1410. The molecule has 0 N–H and O–H groups in total. The van der Waals surface area contributed by atoms with Crippen LogP contribution in [0.25, 0.3) is 21.7 Å². The highest BCUT2D eigenvalue weighted by Crippen LogP contribution is 2.39. The molecule has 2 amide bonds. The summed E-state index contributed by atoms with van der Waals surface area (Å²) in [5.41, 5.74) is 4.68. The van der Waals surface area contributed by atoms with Gasteiger partial charge in [-0.25, -0.2) is 4.90 Å². The molecule has 5 nitrogen and oxygen atoms in total. The molecule has 6 rings (SSSR count). The highest BCUT2D eigenvalue weighted by Gasteiger charge is 2.35. The number of hydrogen-bond donors (Lipinski definition) is 0. The molecule has 2 aliphatic heterocycles. The first kappa shape index (κ1) is 19.9. The van der Waals surface area contributed by atoms with Gasteiger partial charge in [0.1, 0.15) is 0 Å². The van der Waals surface area contributed by atoms with E-state index in [1.54, 1.807) is 6.20 Å². The molecule has 3 aromatic carbocycles. The number of hydrogen-bond acceptors (Lipinski definition) is 4. The first-order valence-corrected chi connectivity index (χ1v) is 11.7. The summed E-state index contributed by atoms with van der Waals surface area (Å²) in [6, 6.07) is 17.3. The van der Waals surface area contributed by atoms with Crippen molar-refractivity contribution in [2.45, 2.75) is 32.6 Å². The van der Waals surface area contributed by atoms with E-state index in [4.69, 9.17) is 0 Å². The number of benzene rings is 3. The first-order chi connectivity index (χ1) is 16.1. The Morgan fingerprint density at radius 3 is 2.21 bits per heavy atom. The number of anilines is 2. The lowest BCUT2D eigenvalue weighted by atomic mass is 9.92. The van der Waals surface area contributed by atoms with Crippen molar-refractivity contribution < 1.29 is 9.59 Å². The minimum Gasteiger partial charge on any atom is -0.371 e. The molecule has 0 saturated carbocycles. The van der Waals surface area contributed by atoms with E-state index >= 15 is 0 Å². The Balaban J connectivity index is 1.53. The Kier molecular flexibility index (Phi) is 4.64. The smallest absolute Gasteiger partial charge is 0.266 e. The molecule has 1 aromatic heterocycles. The predicted octanol–water partition coefficient (Wildman–Crippen LogP) is 5.88. The number of aromatic nitrogens is 1. The molecule has 5 heteroatoms. The fourth-order valence-electron chi connectivity index (χ4n) is 5.38. The number of aryl methyl sites for hydroxylation is 1. The summed E-state index contributed by atoms with van der Waals surface area (Å²) in [6.07, 6.45) is 6.58. The summed E-state index contributed by atoms with van der Waals surface area (Å²) < 4.78 is 0. The van der Waals surface area contributed by atoms with E-state index in [0.29, 0.717) is 16.8 Å². The van der Waals surface area contributed by atoms with Crippen LogP contribution in [0.15, 0.2) is 60.8 Å². The lowest BCUT2D eigenvalue weighted by Crippen LogP contribution is -2.40. The number of amides is 2. The third kappa shape index (κ3) is 3.03. The minimum absolute atomic E-state index is 0.278. The van der Waals surface area contributed by atoms with E-state index in [1.165, 1.54) is 30.6 Å². The van der Waals surface area contributed by atoms with E-state index < -0.39 is 0 Å². The number of fused-ring (bicyclic) bond motifs is 1. The molecule has 164 valence electrons. The Labute approximate surface area is 192 Å². The predicted molar refractivity (Wildman–Crippen MR) is 132 cm³/mol. The van der Waals surface area contributed by atoms with Crippen LogP contribution in [-0.4, -0.2) is 29.9 Å². The van der Waals surface area contributed by atoms with Crippen molar-refractivity contribution in [3.8, 4) is 0 Å². The van der Waals surface area contributed by atoms with Gasteiger partial charge >= 0.3 is 0 Å². The van der Waals surface area contributed by atoms with Crippen LogP contribution in [0.4, 0.5) is 11.4 Å². The first-order valence-electron chi connectivity index (χ1n) is 11.7. The van der Waals surface area contributed by atoms with Gasteiger partial charge in [0.2, 0.25) is 0 Å². The Hall–Kier alpha value is -3.73. The molecule has 33 heavy (non-hydrogen) atoms. The van der Waals surface area contributed by atoms with Gasteiger partial charge in [-0.05, 0) is 61.7 Å². The molecule has 0 radical (unpaired) electrons. The highest BCUT2D eigenvalue weighted by molar-refractivity contribution is 6.37. The molecule has 1 fully saturated rings. The van der Waals surface area contributed by atoms with Gasteiger partial charge in [0.15, 0.2) is 0 Å². The van der Waals surface area contributed by atoms with Gasteiger partial charge in [0.25, 0.3) is 11.8 Å². The Morgan fingerprint density at radius 1 is 0.727 bits per heavy atom. The number of carbonyl (C=O) groups excluding carboxylic acids is 2. The van der Waals surface area contributed by atoms with Gasteiger partial charge in [0.05, 0.1) is 11.2 Å². The van der Waals surface area contributed by atoms with E-state index in [-0.39, 0.29) is 11.8 Å². The summed E-state index contributed by atoms with van der Waals surface area (Å²) >= 11 is 0. The van der Waals surface area contributed by atoms with Gasteiger partial charge in [-0.1, -0.05) is 31.0 Å². The van der Waals surface area contributed by atoms with Crippen molar-refractivity contribution >= 4 is 44.9 Å². The maximum Gasteiger partial charge on any atom is 0.266 e. The van der Waals surface area contributed by atoms with Crippen LogP contribution >= 0.6 is 0 Å². The van der Waals surface area contributed by atoms with Crippen LogP contribution in [0.5, 0.6) is 0 Å². The van der Waals surface area contributed by atoms with Crippen LogP contribution in [0.1, 0.15) is 52.0 Å². The maximum absolute atomic E-state index is 13.8. The van der Waals surface area contributed by atoms with Crippen molar-refractivity contribution in [3.05, 3.63) is 77.5 Å². The number of imide groups is 1.